The monoisotopic (exact) mass is 103 g/mol. The summed E-state index contributed by atoms with van der Waals surface area (Å²) >= 11 is 0. The summed E-state index contributed by atoms with van der Waals surface area (Å²) < 4.78 is 4.64. The SMILES string of the molecule is [CH2]COC(O)CC. The fourth-order valence-corrected chi connectivity index (χ4v) is 0.254. The van der Waals surface area contributed by atoms with Crippen LogP contribution in [0.5, 0.6) is 0 Å². The molecule has 0 aliphatic carbocycles. The zero-order valence-corrected chi connectivity index (χ0v) is 4.55. The van der Waals surface area contributed by atoms with E-state index in [1.54, 1.807) is 0 Å². The van der Waals surface area contributed by atoms with Crippen molar-refractivity contribution in [2.75, 3.05) is 6.61 Å². The Balaban J connectivity index is 2.83. The van der Waals surface area contributed by atoms with E-state index < -0.39 is 6.29 Å². The molecule has 7 heavy (non-hydrogen) atoms. The van der Waals surface area contributed by atoms with Gasteiger partial charge in [-0.05, 0) is 13.3 Å². The van der Waals surface area contributed by atoms with Crippen molar-refractivity contribution >= 4 is 0 Å². The topological polar surface area (TPSA) is 29.5 Å². The second kappa shape index (κ2) is 4.09. The fourth-order valence-electron chi connectivity index (χ4n) is 0.254. The van der Waals surface area contributed by atoms with Crippen LogP contribution in [0.2, 0.25) is 0 Å². The van der Waals surface area contributed by atoms with E-state index in [0.717, 1.165) is 0 Å². The first-order chi connectivity index (χ1) is 3.31. The van der Waals surface area contributed by atoms with Crippen molar-refractivity contribution in [3.8, 4) is 0 Å². The largest absolute Gasteiger partial charge is 0.368 e. The first kappa shape index (κ1) is 6.92. The summed E-state index contributed by atoms with van der Waals surface area (Å²) in [6.45, 7) is 5.58. The van der Waals surface area contributed by atoms with Gasteiger partial charge in [0, 0.05) is 6.61 Å². The van der Waals surface area contributed by atoms with Gasteiger partial charge in [-0.3, -0.25) is 0 Å². The van der Waals surface area contributed by atoms with Crippen LogP contribution in [0, 0.1) is 6.92 Å². The van der Waals surface area contributed by atoms with Gasteiger partial charge in [0.2, 0.25) is 0 Å². The quantitative estimate of drug-likeness (QED) is 0.529. The van der Waals surface area contributed by atoms with Crippen LogP contribution < -0.4 is 0 Å². The zero-order valence-electron chi connectivity index (χ0n) is 4.55. The molecular weight excluding hydrogens is 92.1 g/mol. The van der Waals surface area contributed by atoms with Crippen LogP contribution in [-0.2, 0) is 4.74 Å². The highest BCUT2D eigenvalue weighted by Crippen LogP contribution is 1.89. The highest BCUT2D eigenvalue weighted by atomic mass is 16.6. The van der Waals surface area contributed by atoms with Gasteiger partial charge < -0.3 is 9.84 Å². The third-order valence-electron chi connectivity index (χ3n) is 0.659. The molecule has 43 valence electrons. The number of aliphatic hydroxyl groups is 1. The van der Waals surface area contributed by atoms with Gasteiger partial charge in [0.15, 0.2) is 6.29 Å². The predicted molar refractivity (Wildman–Crippen MR) is 27.6 cm³/mol. The number of rotatable bonds is 3. The normalized spacial score (nSPS) is 14.1. The van der Waals surface area contributed by atoms with E-state index in [9.17, 15) is 0 Å². The molecular formula is C5H11O2. The molecule has 0 aliphatic rings. The van der Waals surface area contributed by atoms with Crippen molar-refractivity contribution in [3.05, 3.63) is 6.92 Å². The first-order valence-corrected chi connectivity index (χ1v) is 2.40. The molecule has 0 saturated heterocycles. The van der Waals surface area contributed by atoms with Crippen LogP contribution in [0.4, 0.5) is 0 Å². The molecule has 2 nitrogen and oxygen atoms in total. The number of hydrogen-bond donors (Lipinski definition) is 1. The van der Waals surface area contributed by atoms with Crippen LogP contribution in [0.25, 0.3) is 0 Å². The smallest absolute Gasteiger partial charge is 0.154 e. The van der Waals surface area contributed by atoms with Gasteiger partial charge in [-0.25, -0.2) is 0 Å². The minimum atomic E-state index is -0.613. The Morgan fingerprint density at radius 1 is 1.86 bits per heavy atom. The molecule has 0 amide bonds. The molecule has 0 saturated carbocycles. The Labute approximate surface area is 44.1 Å². The van der Waals surface area contributed by atoms with E-state index in [1.807, 2.05) is 6.92 Å². The van der Waals surface area contributed by atoms with Gasteiger partial charge in [0.25, 0.3) is 0 Å². The fraction of sp³-hybridized carbons (Fsp3) is 0.800. The van der Waals surface area contributed by atoms with Crippen LogP contribution in [-0.4, -0.2) is 18.0 Å². The van der Waals surface area contributed by atoms with Crippen molar-refractivity contribution in [1.82, 2.24) is 0 Å². The minimum absolute atomic E-state index is 0.342. The van der Waals surface area contributed by atoms with Gasteiger partial charge in [0.05, 0.1) is 0 Å². The molecule has 0 heterocycles. The standard InChI is InChI=1S/C5H11O2/c1-3-5(6)7-4-2/h5-6H,2-4H2,1H3. The lowest BCUT2D eigenvalue weighted by atomic mass is 10.5. The predicted octanol–water partition coefficient (Wildman–Crippen LogP) is 0.565. The molecule has 0 aromatic heterocycles. The summed E-state index contributed by atoms with van der Waals surface area (Å²) in [5.41, 5.74) is 0. The number of hydrogen-bond acceptors (Lipinski definition) is 2. The first-order valence-electron chi connectivity index (χ1n) is 2.40. The second-order valence-corrected chi connectivity index (χ2v) is 1.23. The lowest BCUT2D eigenvalue weighted by molar-refractivity contribution is -0.0902. The average molecular weight is 103 g/mol. The van der Waals surface area contributed by atoms with Crippen molar-refractivity contribution in [1.29, 1.82) is 0 Å². The third kappa shape index (κ3) is 3.76. The summed E-state index contributed by atoms with van der Waals surface area (Å²) in [4.78, 5) is 0. The highest BCUT2D eigenvalue weighted by molar-refractivity contribution is 4.35. The molecule has 1 radical (unpaired) electrons. The molecule has 1 unspecified atom stereocenters. The second-order valence-electron chi connectivity index (χ2n) is 1.23. The van der Waals surface area contributed by atoms with Crippen LogP contribution in [0.15, 0.2) is 0 Å². The van der Waals surface area contributed by atoms with Crippen molar-refractivity contribution in [2.45, 2.75) is 19.6 Å². The van der Waals surface area contributed by atoms with Gasteiger partial charge in [-0.2, -0.15) is 0 Å². The molecule has 0 spiro atoms. The van der Waals surface area contributed by atoms with Crippen molar-refractivity contribution in [2.24, 2.45) is 0 Å². The maximum Gasteiger partial charge on any atom is 0.154 e. The summed E-state index contributed by atoms with van der Waals surface area (Å²) in [6, 6.07) is 0. The molecule has 0 aliphatic heterocycles. The molecule has 0 aromatic carbocycles. The Morgan fingerprint density at radius 2 is 2.43 bits per heavy atom. The molecule has 1 N–H and O–H groups in total. The van der Waals surface area contributed by atoms with E-state index in [4.69, 9.17) is 5.11 Å². The van der Waals surface area contributed by atoms with Crippen molar-refractivity contribution in [3.63, 3.8) is 0 Å². The van der Waals surface area contributed by atoms with Crippen LogP contribution in [0.3, 0.4) is 0 Å². The van der Waals surface area contributed by atoms with E-state index in [-0.39, 0.29) is 0 Å². The van der Waals surface area contributed by atoms with Gasteiger partial charge in [-0.1, -0.05) is 6.92 Å². The zero-order chi connectivity index (χ0) is 5.70. The van der Waals surface area contributed by atoms with Gasteiger partial charge in [-0.15, -0.1) is 0 Å². The number of ether oxygens (including phenoxy) is 1. The number of aliphatic hydroxyl groups excluding tert-OH is 1. The molecule has 2 heteroatoms. The molecule has 0 fully saturated rings. The maximum absolute atomic E-state index is 8.60. The summed E-state index contributed by atoms with van der Waals surface area (Å²) in [6.07, 6.45) is 0.0210. The summed E-state index contributed by atoms with van der Waals surface area (Å²) in [5, 5.41) is 8.60. The van der Waals surface area contributed by atoms with E-state index in [0.29, 0.717) is 13.0 Å². The Morgan fingerprint density at radius 3 is 2.57 bits per heavy atom. The van der Waals surface area contributed by atoms with Gasteiger partial charge >= 0.3 is 0 Å². The van der Waals surface area contributed by atoms with E-state index in [2.05, 4.69) is 11.7 Å². The Kier molecular flexibility index (Phi) is 4.04. The molecule has 0 aromatic rings. The minimum Gasteiger partial charge on any atom is -0.368 e. The summed E-state index contributed by atoms with van der Waals surface area (Å²) in [5.74, 6) is 0. The maximum atomic E-state index is 8.60. The molecule has 0 rings (SSSR count). The Hall–Kier alpha value is -0.0800. The van der Waals surface area contributed by atoms with E-state index in [1.165, 1.54) is 0 Å². The molecule has 0 bridgehead atoms. The van der Waals surface area contributed by atoms with E-state index >= 15 is 0 Å². The Bertz CT molecular complexity index is 37.1. The average Bonchev–Trinajstić information content (AvgIpc) is 1.68. The summed E-state index contributed by atoms with van der Waals surface area (Å²) in [7, 11) is 0. The third-order valence-corrected chi connectivity index (χ3v) is 0.659. The van der Waals surface area contributed by atoms with Crippen molar-refractivity contribution < 1.29 is 9.84 Å². The highest BCUT2D eigenvalue weighted by Gasteiger charge is 1.93. The van der Waals surface area contributed by atoms with Gasteiger partial charge in [0.1, 0.15) is 0 Å². The van der Waals surface area contributed by atoms with Crippen LogP contribution in [0.1, 0.15) is 13.3 Å². The lowest BCUT2D eigenvalue weighted by Gasteiger charge is -2.04. The molecule has 1 atom stereocenters. The van der Waals surface area contributed by atoms with Crippen LogP contribution >= 0.6 is 0 Å². The lowest BCUT2D eigenvalue weighted by Crippen LogP contribution is -2.08.